The number of methoxy groups -OCH3 is 1. The Hall–Kier alpha value is -2.41. The average Bonchev–Trinajstić information content (AvgIpc) is 3.16. The number of aromatic nitrogens is 2. The first-order valence-corrected chi connectivity index (χ1v) is 9.19. The third-order valence-electron chi connectivity index (χ3n) is 4.60. The zero-order valence-corrected chi connectivity index (χ0v) is 15.2. The van der Waals surface area contributed by atoms with E-state index in [1.54, 1.807) is 7.11 Å². The molecule has 7 heteroatoms. The van der Waals surface area contributed by atoms with Crippen LogP contribution in [0.3, 0.4) is 0 Å². The van der Waals surface area contributed by atoms with E-state index >= 15 is 0 Å². The Kier molecular flexibility index (Phi) is 6.60. The second kappa shape index (κ2) is 9.33. The molecule has 1 aliphatic rings. The number of hydrogen-bond donors (Lipinski definition) is 2. The molecule has 0 aliphatic carbocycles. The second-order valence-corrected chi connectivity index (χ2v) is 6.61. The van der Waals surface area contributed by atoms with E-state index in [0.29, 0.717) is 36.9 Å². The van der Waals surface area contributed by atoms with Gasteiger partial charge in [0.15, 0.2) is 0 Å². The molecule has 1 aromatic heterocycles. The number of ether oxygens (including phenoxy) is 1. The fourth-order valence-electron chi connectivity index (χ4n) is 3.06. The topological polar surface area (TPSA) is 89.3 Å². The minimum Gasteiger partial charge on any atom is -0.497 e. The summed E-state index contributed by atoms with van der Waals surface area (Å²) in [7, 11) is 1.63. The SMILES string of the molecule is COc1ccc(-c2noc(CCCC(=O)NCC3CCCNC3)n2)cc1. The maximum atomic E-state index is 12.0. The van der Waals surface area contributed by atoms with Gasteiger partial charge in [-0.1, -0.05) is 5.16 Å². The molecule has 1 atom stereocenters. The third-order valence-corrected chi connectivity index (χ3v) is 4.60. The first-order chi connectivity index (χ1) is 12.7. The molecule has 1 aromatic carbocycles. The van der Waals surface area contributed by atoms with Gasteiger partial charge >= 0.3 is 0 Å². The zero-order chi connectivity index (χ0) is 18.2. The predicted molar refractivity (Wildman–Crippen MR) is 97.8 cm³/mol. The van der Waals surface area contributed by atoms with Crippen molar-refractivity contribution in [2.45, 2.75) is 32.1 Å². The molecule has 2 heterocycles. The summed E-state index contributed by atoms with van der Waals surface area (Å²) in [6, 6.07) is 7.50. The van der Waals surface area contributed by atoms with Gasteiger partial charge in [0, 0.05) is 24.9 Å². The summed E-state index contributed by atoms with van der Waals surface area (Å²) in [4.78, 5) is 16.3. The number of aryl methyl sites for hydroxylation is 1. The van der Waals surface area contributed by atoms with Crippen molar-refractivity contribution in [2.75, 3.05) is 26.7 Å². The third kappa shape index (κ3) is 5.29. The van der Waals surface area contributed by atoms with Gasteiger partial charge in [0.05, 0.1) is 7.11 Å². The highest BCUT2D eigenvalue weighted by atomic mass is 16.5. The summed E-state index contributed by atoms with van der Waals surface area (Å²) in [5.41, 5.74) is 0.875. The van der Waals surface area contributed by atoms with Crippen molar-refractivity contribution in [1.82, 2.24) is 20.8 Å². The highest BCUT2D eigenvalue weighted by Gasteiger charge is 2.14. The van der Waals surface area contributed by atoms with E-state index in [-0.39, 0.29) is 5.91 Å². The molecule has 1 fully saturated rings. The fourth-order valence-corrected chi connectivity index (χ4v) is 3.06. The van der Waals surface area contributed by atoms with Crippen molar-refractivity contribution in [3.63, 3.8) is 0 Å². The number of nitrogens with zero attached hydrogens (tertiary/aromatic N) is 2. The molecule has 1 aliphatic heterocycles. The van der Waals surface area contributed by atoms with E-state index in [1.807, 2.05) is 24.3 Å². The van der Waals surface area contributed by atoms with Gasteiger partial charge in [0.2, 0.25) is 17.6 Å². The van der Waals surface area contributed by atoms with Gasteiger partial charge in [-0.15, -0.1) is 0 Å². The van der Waals surface area contributed by atoms with Gasteiger partial charge in [-0.05, 0) is 62.5 Å². The predicted octanol–water partition coefficient (Wildman–Crippen LogP) is 2.18. The number of benzene rings is 1. The number of carbonyl (C=O) groups excluding carboxylic acids is 1. The molecule has 2 N–H and O–H groups in total. The monoisotopic (exact) mass is 358 g/mol. The van der Waals surface area contributed by atoms with Crippen LogP contribution in [0.5, 0.6) is 5.75 Å². The Morgan fingerprint density at radius 1 is 1.38 bits per heavy atom. The summed E-state index contributed by atoms with van der Waals surface area (Å²) in [5.74, 6) is 2.53. The Labute approximate surface area is 153 Å². The van der Waals surface area contributed by atoms with Gasteiger partial charge in [0.25, 0.3) is 0 Å². The van der Waals surface area contributed by atoms with Crippen molar-refractivity contribution >= 4 is 5.91 Å². The molecular formula is C19H26N4O3. The summed E-state index contributed by atoms with van der Waals surface area (Å²) in [6.07, 6.45) is 4.14. The molecule has 0 spiro atoms. The summed E-state index contributed by atoms with van der Waals surface area (Å²) in [6.45, 7) is 2.84. The number of piperidine rings is 1. The Bertz CT molecular complexity index is 693. The van der Waals surface area contributed by atoms with Gasteiger partial charge in [-0.25, -0.2) is 0 Å². The maximum absolute atomic E-state index is 12.0. The summed E-state index contributed by atoms with van der Waals surface area (Å²) < 4.78 is 10.4. The normalized spacial score (nSPS) is 17.0. The molecular weight excluding hydrogens is 332 g/mol. The minimum atomic E-state index is 0.0884. The minimum absolute atomic E-state index is 0.0884. The lowest BCUT2D eigenvalue weighted by atomic mass is 10.00. The van der Waals surface area contributed by atoms with Crippen LogP contribution in [0.15, 0.2) is 28.8 Å². The molecule has 1 unspecified atom stereocenters. The van der Waals surface area contributed by atoms with Crippen molar-refractivity contribution in [3.8, 4) is 17.1 Å². The quantitative estimate of drug-likeness (QED) is 0.752. The van der Waals surface area contributed by atoms with Crippen LogP contribution in [-0.2, 0) is 11.2 Å². The van der Waals surface area contributed by atoms with E-state index in [9.17, 15) is 4.79 Å². The van der Waals surface area contributed by atoms with Crippen LogP contribution in [0.1, 0.15) is 31.6 Å². The first-order valence-electron chi connectivity index (χ1n) is 9.19. The van der Waals surface area contributed by atoms with E-state index in [2.05, 4.69) is 20.8 Å². The van der Waals surface area contributed by atoms with Gasteiger partial charge in [-0.3, -0.25) is 4.79 Å². The van der Waals surface area contributed by atoms with Crippen molar-refractivity contribution in [1.29, 1.82) is 0 Å². The van der Waals surface area contributed by atoms with Gasteiger partial charge < -0.3 is 19.9 Å². The number of amides is 1. The van der Waals surface area contributed by atoms with Crippen molar-refractivity contribution < 1.29 is 14.1 Å². The Morgan fingerprint density at radius 2 is 2.23 bits per heavy atom. The largest absolute Gasteiger partial charge is 0.497 e. The van der Waals surface area contributed by atoms with E-state index in [4.69, 9.17) is 9.26 Å². The summed E-state index contributed by atoms with van der Waals surface area (Å²) in [5, 5.41) is 10.4. The van der Waals surface area contributed by atoms with Crippen LogP contribution in [0, 0.1) is 5.92 Å². The molecule has 0 bridgehead atoms. The summed E-state index contributed by atoms with van der Waals surface area (Å²) >= 11 is 0. The standard InChI is InChI=1S/C19H26N4O3/c1-25-16-9-7-15(8-10-16)19-22-18(26-23-19)6-2-5-17(24)21-13-14-4-3-11-20-12-14/h7-10,14,20H,2-6,11-13H2,1H3,(H,21,24). The van der Waals surface area contributed by atoms with Crippen LogP contribution < -0.4 is 15.4 Å². The van der Waals surface area contributed by atoms with Crippen LogP contribution in [0.2, 0.25) is 0 Å². The first kappa shape index (κ1) is 18.4. The van der Waals surface area contributed by atoms with Crippen molar-refractivity contribution in [3.05, 3.63) is 30.2 Å². The highest BCUT2D eigenvalue weighted by molar-refractivity contribution is 5.75. The molecule has 0 saturated carbocycles. The van der Waals surface area contributed by atoms with Crippen LogP contribution in [0.25, 0.3) is 11.4 Å². The number of hydrogen-bond acceptors (Lipinski definition) is 6. The molecule has 2 aromatic rings. The Balaban J connectivity index is 1.39. The number of nitrogens with one attached hydrogen (secondary N) is 2. The average molecular weight is 358 g/mol. The number of carbonyl (C=O) groups is 1. The molecule has 140 valence electrons. The lowest BCUT2D eigenvalue weighted by Gasteiger charge is -2.22. The lowest BCUT2D eigenvalue weighted by molar-refractivity contribution is -0.121. The maximum Gasteiger partial charge on any atom is 0.226 e. The highest BCUT2D eigenvalue weighted by Crippen LogP contribution is 2.20. The number of rotatable bonds is 8. The van der Waals surface area contributed by atoms with Gasteiger partial charge in [0.1, 0.15) is 5.75 Å². The van der Waals surface area contributed by atoms with E-state index in [0.717, 1.165) is 30.9 Å². The molecule has 0 radical (unpaired) electrons. The molecule has 1 amide bonds. The van der Waals surface area contributed by atoms with E-state index < -0.39 is 0 Å². The lowest BCUT2D eigenvalue weighted by Crippen LogP contribution is -2.38. The molecule has 1 saturated heterocycles. The molecule has 7 nitrogen and oxygen atoms in total. The smallest absolute Gasteiger partial charge is 0.226 e. The zero-order valence-electron chi connectivity index (χ0n) is 15.2. The van der Waals surface area contributed by atoms with Crippen LogP contribution in [-0.4, -0.2) is 42.8 Å². The van der Waals surface area contributed by atoms with Crippen molar-refractivity contribution in [2.24, 2.45) is 5.92 Å². The van der Waals surface area contributed by atoms with Gasteiger partial charge in [-0.2, -0.15) is 4.98 Å². The fraction of sp³-hybridized carbons (Fsp3) is 0.526. The molecule has 26 heavy (non-hydrogen) atoms. The van der Waals surface area contributed by atoms with Crippen LogP contribution >= 0.6 is 0 Å². The Morgan fingerprint density at radius 3 is 2.96 bits per heavy atom. The van der Waals surface area contributed by atoms with E-state index in [1.165, 1.54) is 12.8 Å². The van der Waals surface area contributed by atoms with Crippen LogP contribution in [0.4, 0.5) is 0 Å². The second-order valence-electron chi connectivity index (χ2n) is 6.61. The molecule has 3 rings (SSSR count).